The van der Waals surface area contributed by atoms with E-state index in [2.05, 4.69) is 12.0 Å². The third-order valence-electron chi connectivity index (χ3n) is 7.02. The molecule has 0 saturated carbocycles. The van der Waals surface area contributed by atoms with Crippen LogP contribution in [0.15, 0.2) is 119 Å². The Morgan fingerprint density at radius 2 is 1.55 bits per heavy atom. The minimum Gasteiger partial charge on any atom is -0.465 e. The molecule has 1 atom stereocenters. The van der Waals surface area contributed by atoms with Crippen LogP contribution in [0.1, 0.15) is 42.9 Å². The van der Waals surface area contributed by atoms with Crippen LogP contribution in [0.25, 0.3) is 5.69 Å². The molecule has 44 heavy (non-hydrogen) atoms. The van der Waals surface area contributed by atoms with Crippen LogP contribution in [0.4, 0.5) is 0 Å². The molecule has 1 aromatic heterocycles. The molecule has 0 spiro atoms. The SMILES string of the molecule is CCCCc1nn(-c2ccccc2Cl)c(=O)n1Cc1ccc(OC(c2ccccc2)N(C=O)S(=O)(=O)c2ccccc2)cc1. The zero-order valence-corrected chi connectivity index (χ0v) is 25.6. The average molecular weight is 631 g/mol. The van der Waals surface area contributed by atoms with E-state index in [1.807, 2.05) is 0 Å². The first-order chi connectivity index (χ1) is 21.3. The van der Waals surface area contributed by atoms with Crippen molar-refractivity contribution in [3.63, 3.8) is 0 Å². The molecule has 9 nitrogen and oxygen atoms in total. The van der Waals surface area contributed by atoms with Crippen LogP contribution in [-0.4, -0.2) is 33.5 Å². The van der Waals surface area contributed by atoms with Gasteiger partial charge < -0.3 is 4.74 Å². The number of rotatable bonds is 13. The summed E-state index contributed by atoms with van der Waals surface area (Å²) in [5.74, 6) is 0.983. The van der Waals surface area contributed by atoms with Gasteiger partial charge in [0.1, 0.15) is 11.6 Å². The van der Waals surface area contributed by atoms with Gasteiger partial charge >= 0.3 is 5.69 Å². The van der Waals surface area contributed by atoms with Crippen LogP contribution >= 0.6 is 11.6 Å². The lowest BCUT2D eigenvalue weighted by molar-refractivity contribution is -0.119. The molecule has 1 unspecified atom stereocenters. The topological polar surface area (TPSA) is 104 Å². The molecule has 5 aromatic rings. The fourth-order valence-electron chi connectivity index (χ4n) is 4.72. The second-order valence-electron chi connectivity index (χ2n) is 10.0. The van der Waals surface area contributed by atoms with Crippen molar-refractivity contribution in [1.82, 2.24) is 18.7 Å². The Balaban J connectivity index is 1.44. The van der Waals surface area contributed by atoms with E-state index in [1.165, 1.54) is 16.8 Å². The average Bonchev–Trinajstić information content (AvgIpc) is 3.35. The van der Waals surface area contributed by atoms with Crippen LogP contribution in [0.2, 0.25) is 5.02 Å². The van der Waals surface area contributed by atoms with E-state index in [-0.39, 0.29) is 23.5 Å². The molecule has 5 rings (SSSR count). The summed E-state index contributed by atoms with van der Waals surface area (Å²) in [7, 11) is -4.22. The number of sulfonamides is 1. The van der Waals surface area contributed by atoms with Crippen molar-refractivity contribution in [2.45, 2.75) is 43.9 Å². The Kier molecular flexibility index (Phi) is 9.62. The van der Waals surface area contributed by atoms with Crippen LogP contribution < -0.4 is 10.4 Å². The molecule has 11 heteroatoms. The first-order valence-electron chi connectivity index (χ1n) is 14.1. The number of aromatic nitrogens is 3. The Bertz CT molecular complexity index is 1880. The summed E-state index contributed by atoms with van der Waals surface area (Å²) in [5.41, 5.74) is 1.48. The minimum absolute atomic E-state index is 0.0337. The smallest absolute Gasteiger partial charge is 0.351 e. The van der Waals surface area contributed by atoms with Crippen molar-refractivity contribution in [2.75, 3.05) is 0 Å². The number of hydrogen-bond donors (Lipinski definition) is 0. The molecule has 1 amide bonds. The molecule has 0 aliphatic carbocycles. The number of unbranched alkanes of at least 4 members (excludes halogenated alkanes) is 1. The summed E-state index contributed by atoms with van der Waals surface area (Å²) in [6.07, 6.45) is 1.43. The number of carbonyl (C=O) groups is 1. The first kappa shape index (κ1) is 30.8. The number of para-hydroxylation sites is 1. The number of benzene rings is 4. The molecule has 0 N–H and O–H groups in total. The van der Waals surface area contributed by atoms with Gasteiger partial charge in [0.2, 0.25) is 12.6 Å². The predicted molar refractivity (Wildman–Crippen MR) is 168 cm³/mol. The fraction of sp³-hybridized carbons (Fsp3) is 0.182. The number of carbonyl (C=O) groups excluding carboxylic acids is 1. The molecule has 0 aliphatic rings. The summed E-state index contributed by atoms with van der Waals surface area (Å²) >= 11 is 6.37. The maximum Gasteiger partial charge on any atom is 0.351 e. The van der Waals surface area contributed by atoms with Crippen LogP contribution in [0.3, 0.4) is 0 Å². The van der Waals surface area contributed by atoms with Gasteiger partial charge in [-0.2, -0.15) is 8.99 Å². The maximum absolute atomic E-state index is 13.5. The van der Waals surface area contributed by atoms with Crippen molar-refractivity contribution in [3.05, 3.63) is 142 Å². The lowest BCUT2D eigenvalue weighted by Crippen LogP contribution is -2.36. The Morgan fingerprint density at radius 1 is 0.909 bits per heavy atom. The summed E-state index contributed by atoms with van der Waals surface area (Å²) in [6.45, 7) is 2.33. The molecular formula is C33H31ClN4O5S. The number of aryl methyl sites for hydroxylation is 1. The highest BCUT2D eigenvalue weighted by atomic mass is 35.5. The molecule has 0 aliphatic heterocycles. The first-order valence-corrected chi connectivity index (χ1v) is 15.9. The van der Waals surface area contributed by atoms with E-state index in [0.29, 0.717) is 38.6 Å². The van der Waals surface area contributed by atoms with Crippen molar-refractivity contribution in [1.29, 1.82) is 0 Å². The van der Waals surface area contributed by atoms with Gasteiger partial charge in [0.15, 0.2) is 0 Å². The number of nitrogens with zero attached hydrogens (tertiary/aromatic N) is 4. The number of amides is 1. The van der Waals surface area contributed by atoms with E-state index >= 15 is 0 Å². The highest BCUT2D eigenvalue weighted by molar-refractivity contribution is 7.89. The minimum atomic E-state index is -4.22. The molecule has 226 valence electrons. The second-order valence-corrected chi connectivity index (χ2v) is 12.3. The van der Waals surface area contributed by atoms with E-state index < -0.39 is 16.3 Å². The van der Waals surface area contributed by atoms with Crippen molar-refractivity contribution in [3.8, 4) is 11.4 Å². The van der Waals surface area contributed by atoms with Gasteiger partial charge in [0.05, 0.1) is 22.2 Å². The zero-order chi connectivity index (χ0) is 31.1. The molecule has 1 heterocycles. The van der Waals surface area contributed by atoms with E-state index in [1.54, 1.807) is 102 Å². The lowest BCUT2D eigenvalue weighted by atomic mass is 10.2. The van der Waals surface area contributed by atoms with Gasteiger partial charge in [-0.25, -0.2) is 13.2 Å². The highest BCUT2D eigenvalue weighted by Gasteiger charge is 2.33. The van der Waals surface area contributed by atoms with Crippen molar-refractivity contribution >= 4 is 28.0 Å². The summed E-state index contributed by atoms with van der Waals surface area (Å²) < 4.78 is 36.7. The quantitative estimate of drug-likeness (QED) is 0.117. The van der Waals surface area contributed by atoms with Crippen LogP contribution in [0.5, 0.6) is 5.75 Å². The number of hydrogen-bond acceptors (Lipinski definition) is 6. The molecular weight excluding hydrogens is 600 g/mol. The Morgan fingerprint density at radius 3 is 2.18 bits per heavy atom. The fourth-order valence-corrected chi connectivity index (χ4v) is 6.21. The van der Waals surface area contributed by atoms with Gasteiger partial charge in [-0.1, -0.05) is 97.7 Å². The second kappa shape index (κ2) is 13.7. The third kappa shape index (κ3) is 6.61. The van der Waals surface area contributed by atoms with Gasteiger partial charge in [-0.3, -0.25) is 9.36 Å². The Hall–Kier alpha value is -4.67. The van der Waals surface area contributed by atoms with E-state index in [4.69, 9.17) is 16.3 Å². The van der Waals surface area contributed by atoms with Gasteiger partial charge in [0.25, 0.3) is 10.0 Å². The third-order valence-corrected chi connectivity index (χ3v) is 9.04. The summed E-state index contributed by atoms with van der Waals surface area (Å²) in [4.78, 5) is 25.7. The monoisotopic (exact) mass is 630 g/mol. The highest BCUT2D eigenvalue weighted by Crippen LogP contribution is 2.30. The maximum atomic E-state index is 13.5. The largest absolute Gasteiger partial charge is 0.465 e. The Labute approximate surface area is 261 Å². The lowest BCUT2D eigenvalue weighted by Gasteiger charge is -2.28. The van der Waals surface area contributed by atoms with Crippen LogP contribution in [0, 0.1) is 0 Å². The van der Waals surface area contributed by atoms with E-state index in [0.717, 1.165) is 18.4 Å². The van der Waals surface area contributed by atoms with Crippen molar-refractivity contribution in [2.24, 2.45) is 0 Å². The predicted octanol–water partition coefficient (Wildman–Crippen LogP) is 6.00. The number of halogens is 1. The number of ether oxygens (including phenoxy) is 1. The van der Waals surface area contributed by atoms with Crippen molar-refractivity contribution < 1.29 is 17.9 Å². The normalized spacial score (nSPS) is 12.0. The molecule has 0 radical (unpaired) electrons. The molecule has 0 saturated heterocycles. The molecule has 0 fully saturated rings. The van der Waals surface area contributed by atoms with Gasteiger partial charge in [0, 0.05) is 12.0 Å². The summed E-state index contributed by atoms with van der Waals surface area (Å²) in [6, 6.07) is 30.4. The zero-order valence-electron chi connectivity index (χ0n) is 24.0. The molecule has 4 aromatic carbocycles. The van der Waals surface area contributed by atoms with Gasteiger partial charge in [-0.15, -0.1) is 5.10 Å². The standard InChI is InChI=1S/C33H31ClN4O5S/c1-2-3-18-31-35-38(30-17-11-10-16-29(30)34)33(40)36(31)23-25-19-21-27(22-20-25)43-32(26-12-6-4-7-13-26)37(24-39)44(41,42)28-14-8-5-9-15-28/h4-17,19-22,24,32H,2-3,18,23H2,1H3. The molecule has 0 bridgehead atoms. The van der Waals surface area contributed by atoms with E-state index in [9.17, 15) is 18.0 Å². The summed E-state index contributed by atoms with van der Waals surface area (Å²) in [5, 5.41) is 5.03. The van der Waals surface area contributed by atoms with Crippen LogP contribution in [-0.2, 0) is 27.8 Å². The van der Waals surface area contributed by atoms with Gasteiger partial charge in [-0.05, 0) is 48.4 Å².